The van der Waals surface area contributed by atoms with Crippen LogP contribution in [0.3, 0.4) is 0 Å². The Bertz CT molecular complexity index is 413. The van der Waals surface area contributed by atoms with E-state index in [1.54, 1.807) is 10.8 Å². The normalized spacial score (nSPS) is 11.3. The molecule has 0 aliphatic heterocycles. The lowest BCUT2D eigenvalue weighted by atomic mass is 10.0. The highest BCUT2D eigenvalue weighted by molar-refractivity contribution is 8.77. The lowest BCUT2D eigenvalue weighted by molar-refractivity contribution is 0.532. The van der Waals surface area contributed by atoms with E-state index in [-0.39, 0.29) is 0 Å². The Hall–Kier alpha value is 0.0600. The molecule has 0 amide bonds. The summed E-state index contributed by atoms with van der Waals surface area (Å²) in [7, 11) is 3.59. The highest BCUT2D eigenvalue weighted by atomic mass is 33.1. The van der Waals surface area contributed by atoms with E-state index in [0.717, 1.165) is 4.34 Å². The van der Waals surface area contributed by atoms with Crippen molar-refractivity contribution >= 4 is 38.1 Å². The molecule has 1 rings (SSSR count). The summed E-state index contributed by atoms with van der Waals surface area (Å²) in [5, 5.41) is 8.41. The SMILES string of the molecule is CCCCCCCCCCCCCCCCCCSSc1nnc(N)s1. The molecule has 0 aromatic carbocycles. The van der Waals surface area contributed by atoms with E-state index in [1.165, 1.54) is 120 Å². The van der Waals surface area contributed by atoms with Crippen molar-refractivity contribution in [1.29, 1.82) is 0 Å². The van der Waals surface area contributed by atoms with Crippen LogP contribution in [0, 0.1) is 0 Å². The summed E-state index contributed by atoms with van der Waals surface area (Å²) in [6.45, 7) is 2.29. The van der Waals surface area contributed by atoms with Crippen molar-refractivity contribution in [1.82, 2.24) is 10.2 Å². The van der Waals surface area contributed by atoms with Crippen LogP contribution in [0.15, 0.2) is 4.34 Å². The van der Waals surface area contributed by atoms with Crippen molar-refractivity contribution in [3.05, 3.63) is 0 Å². The van der Waals surface area contributed by atoms with Crippen LogP contribution >= 0.6 is 32.9 Å². The molecule has 0 aliphatic rings. The van der Waals surface area contributed by atoms with Gasteiger partial charge in [-0.1, -0.05) is 125 Å². The van der Waals surface area contributed by atoms with E-state index in [1.807, 2.05) is 10.8 Å². The number of nitrogen functional groups attached to an aromatic ring is 1. The number of nitrogens with zero attached hydrogens (tertiary/aromatic N) is 2. The first-order valence-corrected chi connectivity index (χ1v) is 13.8. The molecule has 0 radical (unpaired) electrons. The first kappa shape index (κ1) is 24.1. The van der Waals surface area contributed by atoms with E-state index in [2.05, 4.69) is 17.1 Å². The molecule has 0 saturated carbocycles. The molecule has 26 heavy (non-hydrogen) atoms. The molecule has 0 bridgehead atoms. The summed E-state index contributed by atoms with van der Waals surface area (Å²) >= 11 is 1.47. The molecule has 1 aromatic heterocycles. The molecular formula is C20H39N3S3. The monoisotopic (exact) mass is 417 g/mol. The van der Waals surface area contributed by atoms with Crippen LogP contribution in [-0.2, 0) is 0 Å². The molecule has 1 aromatic rings. The molecule has 0 saturated heterocycles. The molecule has 2 N–H and O–H groups in total. The third-order valence-corrected chi connectivity index (χ3v) is 8.12. The second-order valence-corrected chi connectivity index (χ2v) is 10.8. The summed E-state index contributed by atoms with van der Waals surface area (Å²) < 4.78 is 0.976. The molecule has 6 heteroatoms. The molecule has 0 spiro atoms. The fourth-order valence-corrected chi connectivity index (χ4v) is 6.12. The largest absolute Gasteiger partial charge is 0.374 e. The highest BCUT2D eigenvalue weighted by Gasteiger charge is 2.01. The maximum Gasteiger partial charge on any atom is 0.203 e. The molecule has 152 valence electrons. The van der Waals surface area contributed by atoms with Gasteiger partial charge in [0.15, 0.2) is 4.34 Å². The van der Waals surface area contributed by atoms with Crippen molar-refractivity contribution < 1.29 is 0 Å². The minimum Gasteiger partial charge on any atom is -0.374 e. The fraction of sp³-hybridized carbons (Fsp3) is 0.900. The molecule has 1 heterocycles. The Morgan fingerprint density at radius 1 is 0.692 bits per heavy atom. The molecule has 0 atom stereocenters. The van der Waals surface area contributed by atoms with Crippen molar-refractivity contribution in [2.75, 3.05) is 11.5 Å². The van der Waals surface area contributed by atoms with Crippen LogP contribution in [0.25, 0.3) is 0 Å². The fourth-order valence-electron chi connectivity index (χ4n) is 3.06. The van der Waals surface area contributed by atoms with Gasteiger partial charge in [-0.15, -0.1) is 10.2 Å². The van der Waals surface area contributed by atoms with E-state index in [4.69, 9.17) is 5.73 Å². The zero-order chi connectivity index (χ0) is 18.7. The average Bonchev–Trinajstić information content (AvgIpc) is 3.06. The molecule has 0 aliphatic carbocycles. The maximum atomic E-state index is 5.57. The van der Waals surface area contributed by atoms with Gasteiger partial charge in [-0.2, -0.15) is 0 Å². The molecule has 0 unspecified atom stereocenters. The quantitative estimate of drug-likeness (QED) is 0.182. The maximum absolute atomic E-state index is 5.57. The summed E-state index contributed by atoms with van der Waals surface area (Å²) in [5.41, 5.74) is 5.57. The van der Waals surface area contributed by atoms with E-state index < -0.39 is 0 Å². The van der Waals surface area contributed by atoms with Crippen LogP contribution < -0.4 is 5.73 Å². The number of aromatic nitrogens is 2. The number of hydrogen-bond donors (Lipinski definition) is 1. The van der Waals surface area contributed by atoms with Gasteiger partial charge in [0.1, 0.15) is 0 Å². The van der Waals surface area contributed by atoms with Gasteiger partial charge in [-0.3, -0.25) is 0 Å². The minimum atomic E-state index is 0.565. The lowest BCUT2D eigenvalue weighted by Gasteiger charge is -2.03. The Morgan fingerprint density at radius 2 is 1.15 bits per heavy atom. The standard InChI is InChI=1S/C20H39N3S3/c1-2-3-4-5-6-7-8-9-10-11-12-13-14-15-16-17-18-24-26-20-23-22-19(21)25-20/h2-18H2,1H3,(H2,21,22). The Labute approximate surface area is 173 Å². The smallest absolute Gasteiger partial charge is 0.203 e. The third-order valence-electron chi connectivity index (χ3n) is 4.63. The third kappa shape index (κ3) is 15.2. The van der Waals surface area contributed by atoms with Crippen LogP contribution in [0.1, 0.15) is 110 Å². The van der Waals surface area contributed by atoms with Gasteiger partial charge in [0.2, 0.25) is 5.13 Å². The van der Waals surface area contributed by atoms with Gasteiger partial charge in [0.25, 0.3) is 0 Å². The molecule has 0 fully saturated rings. The predicted octanol–water partition coefficient (Wildman–Crippen LogP) is 8.12. The Kier molecular flexibility index (Phi) is 17.1. The number of anilines is 1. The lowest BCUT2D eigenvalue weighted by Crippen LogP contribution is -1.84. The zero-order valence-electron chi connectivity index (χ0n) is 16.7. The van der Waals surface area contributed by atoms with E-state index in [9.17, 15) is 0 Å². The van der Waals surface area contributed by atoms with Crippen molar-refractivity contribution in [2.45, 2.75) is 114 Å². The summed E-state index contributed by atoms with van der Waals surface area (Å²) in [4.78, 5) is 0. The topological polar surface area (TPSA) is 51.8 Å². The van der Waals surface area contributed by atoms with Gasteiger partial charge in [-0.25, -0.2) is 0 Å². The zero-order valence-corrected chi connectivity index (χ0v) is 19.2. The average molecular weight is 418 g/mol. The number of hydrogen-bond acceptors (Lipinski definition) is 6. The van der Waals surface area contributed by atoms with Crippen LogP contribution in [0.5, 0.6) is 0 Å². The van der Waals surface area contributed by atoms with Crippen LogP contribution in [-0.4, -0.2) is 16.0 Å². The number of nitrogens with two attached hydrogens (primary N) is 1. The predicted molar refractivity (Wildman–Crippen MR) is 122 cm³/mol. The van der Waals surface area contributed by atoms with Gasteiger partial charge in [0.05, 0.1) is 0 Å². The highest BCUT2D eigenvalue weighted by Crippen LogP contribution is 2.34. The summed E-state index contributed by atoms with van der Waals surface area (Å²) in [6.07, 6.45) is 22.8. The van der Waals surface area contributed by atoms with E-state index in [0.29, 0.717) is 5.13 Å². The van der Waals surface area contributed by atoms with Crippen molar-refractivity contribution in [3.63, 3.8) is 0 Å². The van der Waals surface area contributed by atoms with Gasteiger partial charge >= 0.3 is 0 Å². The Balaban J connectivity index is 1.68. The molecule has 3 nitrogen and oxygen atoms in total. The summed E-state index contributed by atoms with van der Waals surface area (Å²) in [6, 6.07) is 0. The van der Waals surface area contributed by atoms with Crippen LogP contribution in [0.4, 0.5) is 5.13 Å². The van der Waals surface area contributed by atoms with Gasteiger partial charge < -0.3 is 5.73 Å². The van der Waals surface area contributed by atoms with Crippen molar-refractivity contribution in [2.24, 2.45) is 0 Å². The summed E-state index contributed by atoms with van der Waals surface area (Å²) in [5.74, 6) is 1.20. The second kappa shape index (κ2) is 18.4. The first-order valence-electron chi connectivity index (χ1n) is 10.7. The molecular weight excluding hydrogens is 378 g/mol. The second-order valence-electron chi connectivity index (χ2n) is 7.11. The first-order chi connectivity index (χ1) is 12.8. The van der Waals surface area contributed by atoms with Gasteiger partial charge in [0, 0.05) is 5.75 Å². The van der Waals surface area contributed by atoms with E-state index >= 15 is 0 Å². The number of rotatable bonds is 19. The number of unbranched alkanes of at least 4 members (excludes halogenated alkanes) is 15. The van der Waals surface area contributed by atoms with Crippen LogP contribution in [0.2, 0.25) is 0 Å². The van der Waals surface area contributed by atoms with Crippen molar-refractivity contribution in [3.8, 4) is 0 Å². The minimum absolute atomic E-state index is 0.565. The van der Waals surface area contributed by atoms with Gasteiger partial charge in [-0.05, 0) is 17.2 Å². The Morgan fingerprint density at radius 3 is 1.58 bits per heavy atom.